The summed E-state index contributed by atoms with van der Waals surface area (Å²) in [7, 11) is 0. The van der Waals surface area contributed by atoms with Crippen molar-refractivity contribution in [3.63, 3.8) is 0 Å². The summed E-state index contributed by atoms with van der Waals surface area (Å²) in [4.78, 5) is 0. The average molecular weight is 150 g/mol. The zero-order chi connectivity index (χ0) is 8.53. The minimum absolute atomic E-state index is 1.00. The predicted molar refractivity (Wildman–Crippen MR) is 52.6 cm³/mol. The summed E-state index contributed by atoms with van der Waals surface area (Å²) in [6.07, 6.45) is 10.6. The molecule has 11 heavy (non-hydrogen) atoms. The lowest BCUT2D eigenvalue weighted by molar-refractivity contribution is 0.901. The third kappa shape index (κ3) is 5.65. The van der Waals surface area contributed by atoms with E-state index in [1.54, 1.807) is 0 Å². The van der Waals surface area contributed by atoms with E-state index >= 15 is 0 Å². The highest BCUT2D eigenvalue weighted by Crippen LogP contribution is 2.10. The minimum Gasteiger partial charge on any atom is -0.103 e. The Labute approximate surface area is 70.3 Å². The smallest absolute Gasteiger partial charge is 0.0169 e. The first-order valence-corrected chi connectivity index (χ1v) is 4.24. The Morgan fingerprint density at radius 2 is 2.00 bits per heavy atom. The van der Waals surface area contributed by atoms with E-state index in [1.807, 2.05) is 12.2 Å². The molecule has 0 rings (SSSR count). The van der Waals surface area contributed by atoms with Crippen molar-refractivity contribution >= 4 is 0 Å². The molecule has 0 aromatic heterocycles. The fourth-order valence-corrected chi connectivity index (χ4v) is 0.961. The van der Waals surface area contributed by atoms with Crippen LogP contribution in [0.4, 0.5) is 0 Å². The van der Waals surface area contributed by atoms with Gasteiger partial charge < -0.3 is 0 Å². The summed E-state index contributed by atoms with van der Waals surface area (Å²) in [5, 5.41) is 0. The fourth-order valence-electron chi connectivity index (χ4n) is 0.961. The second-order valence-electron chi connectivity index (χ2n) is 2.57. The second-order valence-corrected chi connectivity index (χ2v) is 2.57. The Bertz CT molecular complexity index is 140. The van der Waals surface area contributed by atoms with Crippen LogP contribution >= 0.6 is 0 Å². The summed E-state index contributed by atoms with van der Waals surface area (Å²) in [5.41, 5.74) is 1.52. The fraction of sp³-hybridized carbons (Fsp3) is 0.455. The van der Waals surface area contributed by atoms with E-state index in [-0.39, 0.29) is 0 Å². The number of hydrogen-bond donors (Lipinski definition) is 0. The molecular formula is C11H18. The van der Waals surface area contributed by atoms with Gasteiger partial charge in [-0.15, -0.1) is 13.2 Å². The maximum Gasteiger partial charge on any atom is -0.0169 e. The maximum absolute atomic E-state index is 3.70. The van der Waals surface area contributed by atoms with Gasteiger partial charge >= 0.3 is 0 Å². The van der Waals surface area contributed by atoms with Crippen molar-refractivity contribution in [2.75, 3.05) is 0 Å². The van der Waals surface area contributed by atoms with Crippen LogP contribution in [0.25, 0.3) is 0 Å². The lowest BCUT2D eigenvalue weighted by Crippen LogP contribution is -1.79. The molecule has 0 atom stereocenters. The van der Waals surface area contributed by atoms with Gasteiger partial charge in [0.05, 0.1) is 0 Å². The lowest BCUT2D eigenvalue weighted by atomic mass is 10.1. The van der Waals surface area contributed by atoms with Crippen LogP contribution in [-0.4, -0.2) is 0 Å². The SMILES string of the molecule is C=CC/C=C(\CC)CCC=C. The Kier molecular flexibility index (Phi) is 6.81. The van der Waals surface area contributed by atoms with E-state index < -0.39 is 0 Å². The summed E-state index contributed by atoms with van der Waals surface area (Å²) in [6, 6.07) is 0. The molecule has 0 amide bonds. The van der Waals surface area contributed by atoms with Gasteiger partial charge in [0.2, 0.25) is 0 Å². The molecule has 0 heterocycles. The lowest BCUT2D eigenvalue weighted by Gasteiger charge is -2.00. The van der Waals surface area contributed by atoms with Crippen LogP contribution in [0.1, 0.15) is 32.6 Å². The van der Waals surface area contributed by atoms with E-state index in [2.05, 4.69) is 26.2 Å². The topological polar surface area (TPSA) is 0 Å². The number of hydrogen-bond acceptors (Lipinski definition) is 0. The number of allylic oxidation sites excluding steroid dienone is 4. The summed E-state index contributed by atoms with van der Waals surface area (Å²) in [6.45, 7) is 9.57. The van der Waals surface area contributed by atoms with Crippen molar-refractivity contribution in [3.05, 3.63) is 37.0 Å². The first-order chi connectivity index (χ1) is 5.35. The molecule has 0 saturated carbocycles. The molecule has 0 fully saturated rings. The molecule has 0 aliphatic rings. The average Bonchev–Trinajstić information content (AvgIpc) is 2.05. The Morgan fingerprint density at radius 3 is 2.45 bits per heavy atom. The third-order valence-corrected chi connectivity index (χ3v) is 1.70. The van der Waals surface area contributed by atoms with Crippen molar-refractivity contribution in [1.29, 1.82) is 0 Å². The first-order valence-electron chi connectivity index (χ1n) is 4.24. The van der Waals surface area contributed by atoms with Crippen molar-refractivity contribution in [1.82, 2.24) is 0 Å². The molecule has 0 nitrogen and oxygen atoms in total. The van der Waals surface area contributed by atoms with Gasteiger partial charge in [-0.2, -0.15) is 0 Å². The van der Waals surface area contributed by atoms with Crippen molar-refractivity contribution in [2.45, 2.75) is 32.6 Å². The maximum atomic E-state index is 3.70. The van der Waals surface area contributed by atoms with Crippen molar-refractivity contribution in [3.8, 4) is 0 Å². The molecule has 0 saturated heterocycles. The van der Waals surface area contributed by atoms with E-state index in [0.29, 0.717) is 0 Å². The standard InChI is InChI=1S/C11H18/c1-4-7-9-11(6-3)10-8-5-2/h4-5,9H,1-2,6-8,10H2,3H3/b11-9+. The van der Waals surface area contributed by atoms with Gasteiger partial charge in [0.1, 0.15) is 0 Å². The van der Waals surface area contributed by atoms with Gasteiger partial charge in [-0.25, -0.2) is 0 Å². The Hall–Kier alpha value is -0.780. The zero-order valence-corrected chi connectivity index (χ0v) is 7.47. The molecule has 0 aromatic rings. The quantitative estimate of drug-likeness (QED) is 0.504. The monoisotopic (exact) mass is 150 g/mol. The second kappa shape index (κ2) is 7.33. The van der Waals surface area contributed by atoms with E-state index in [0.717, 1.165) is 25.7 Å². The molecule has 0 unspecified atom stereocenters. The molecule has 62 valence electrons. The van der Waals surface area contributed by atoms with Gasteiger partial charge in [-0.1, -0.05) is 30.7 Å². The van der Waals surface area contributed by atoms with Crippen molar-refractivity contribution in [2.24, 2.45) is 0 Å². The van der Waals surface area contributed by atoms with Gasteiger partial charge in [-0.3, -0.25) is 0 Å². The molecule has 0 aromatic carbocycles. The van der Waals surface area contributed by atoms with Crippen LogP contribution in [0, 0.1) is 0 Å². The zero-order valence-electron chi connectivity index (χ0n) is 7.47. The molecule has 0 heteroatoms. The van der Waals surface area contributed by atoms with Crippen LogP contribution in [-0.2, 0) is 0 Å². The summed E-state index contributed by atoms with van der Waals surface area (Å²) >= 11 is 0. The van der Waals surface area contributed by atoms with Crippen molar-refractivity contribution < 1.29 is 0 Å². The van der Waals surface area contributed by atoms with Gasteiger partial charge in [0, 0.05) is 0 Å². The minimum atomic E-state index is 1.00. The molecule has 0 aliphatic carbocycles. The molecule has 0 N–H and O–H groups in total. The van der Waals surface area contributed by atoms with E-state index in [4.69, 9.17) is 0 Å². The van der Waals surface area contributed by atoms with E-state index in [9.17, 15) is 0 Å². The first kappa shape index (κ1) is 10.2. The summed E-state index contributed by atoms with van der Waals surface area (Å²) in [5.74, 6) is 0. The van der Waals surface area contributed by atoms with Gasteiger partial charge in [0.15, 0.2) is 0 Å². The Balaban J connectivity index is 3.72. The van der Waals surface area contributed by atoms with Gasteiger partial charge in [-0.05, 0) is 25.7 Å². The van der Waals surface area contributed by atoms with Crippen LogP contribution in [0.3, 0.4) is 0 Å². The molecular weight excluding hydrogens is 132 g/mol. The largest absolute Gasteiger partial charge is 0.103 e. The molecule has 0 spiro atoms. The van der Waals surface area contributed by atoms with E-state index in [1.165, 1.54) is 5.57 Å². The van der Waals surface area contributed by atoms with Crippen LogP contribution in [0.2, 0.25) is 0 Å². The Morgan fingerprint density at radius 1 is 1.27 bits per heavy atom. The van der Waals surface area contributed by atoms with Crippen LogP contribution in [0.15, 0.2) is 37.0 Å². The normalized spacial score (nSPS) is 11.2. The van der Waals surface area contributed by atoms with Crippen LogP contribution in [0.5, 0.6) is 0 Å². The molecule has 0 radical (unpaired) electrons. The third-order valence-electron chi connectivity index (χ3n) is 1.70. The predicted octanol–water partition coefficient (Wildman–Crippen LogP) is 3.87. The van der Waals surface area contributed by atoms with Gasteiger partial charge in [0.25, 0.3) is 0 Å². The highest BCUT2D eigenvalue weighted by atomic mass is 14.0. The highest BCUT2D eigenvalue weighted by Gasteiger charge is 1.90. The number of rotatable bonds is 6. The highest BCUT2D eigenvalue weighted by molar-refractivity contribution is 5.04. The molecule has 0 aliphatic heterocycles. The van der Waals surface area contributed by atoms with Crippen LogP contribution < -0.4 is 0 Å². The summed E-state index contributed by atoms with van der Waals surface area (Å²) < 4.78 is 0. The molecule has 0 bridgehead atoms.